The van der Waals surface area contributed by atoms with Crippen molar-refractivity contribution in [1.29, 1.82) is 0 Å². The van der Waals surface area contributed by atoms with Crippen LogP contribution in [0.2, 0.25) is 0 Å². The molecule has 0 radical (unpaired) electrons. The maximum Gasteiger partial charge on any atom is 0.265 e. The van der Waals surface area contributed by atoms with Crippen molar-refractivity contribution in [1.82, 2.24) is 5.32 Å². The summed E-state index contributed by atoms with van der Waals surface area (Å²) in [4.78, 5) is 13.3. The van der Waals surface area contributed by atoms with Crippen molar-refractivity contribution in [3.8, 4) is 5.75 Å². The number of ether oxygens (including phenoxy) is 1. The van der Waals surface area contributed by atoms with Crippen LogP contribution in [0.1, 0.15) is 37.3 Å². The molecule has 4 heteroatoms. The summed E-state index contributed by atoms with van der Waals surface area (Å²) in [6.45, 7) is 4.21. The minimum atomic E-state index is -1.71. The molecule has 0 amide bonds. The van der Waals surface area contributed by atoms with Gasteiger partial charge in [0.15, 0.2) is 11.3 Å². The predicted molar refractivity (Wildman–Crippen MR) is 91.8 cm³/mol. The second-order valence-electron chi connectivity index (χ2n) is 6.85. The third-order valence-electron chi connectivity index (χ3n) is 5.31. The molecule has 3 aliphatic rings. The van der Waals surface area contributed by atoms with Crippen LogP contribution < -0.4 is 10.1 Å². The normalized spacial score (nSPS) is 30.3. The average Bonchev–Trinajstić information content (AvgIpc) is 2.78. The quantitative estimate of drug-likeness (QED) is 0.878. The molecule has 2 aliphatic carbocycles. The summed E-state index contributed by atoms with van der Waals surface area (Å²) in [5.41, 5.74) is 1.58. The summed E-state index contributed by atoms with van der Waals surface area (Å²) in [5, 5.41) is 14.6. The van der Waals surface area contributed by atoms with Gasteiger partial charge in [-0.25, -0.2) is 0 Å². The highest BCUT2D eigenvalue weighted by atomic mass is 16.6. The Morgan fingerprint density at radius 1 is 1.33 bits per heavy atom. The van der Waals surface area contributed by atoms with Crippen LogP contribution in [0.4, 0.5) is 0 Å². The Morgan fingerprint density at radius 2 is 2.12 bits per heavy atom. The number of Topliss-reactive ketones (excluding diaryl/α,β-unsaturated/α-hetero) is 1. The third kappa shape index (κ3) is 1.62. The topological polar surface area (TPSA) is 58.6 Å². The van der Waals surface area contributed by atoms with Gasteiger partial charge in [-0.15, -0.1) is 0 Å². The zero-order valence-electron chi connectivity index (χ0n) is 14.1. The van der Waals surface area contributed by atoms with Crippen LogP contribution in [0, 0.1) is 0 Å². The highest BCUT2D eigenvalue weighted by molar-refractivity contribution is 6.13. The summed E-state index contributed by atoms with van der Waals surface area (Å²) in [6, 6.07) is 5.84. The van der Waals surface area contributed by atoms with Crippen molar-refractivity contribution < 1.29 is 14.6 Å². The van der Waals surface area contributed by atoms with Gasteiger partial charge < -0.3 is 9.84 Å². The average molecular weight is 323 g/mol. The Bertz CT molecular complexity index is 833. The van der Waals surface area contributed by atoms with Crippen LogP contribution in [0.25, 0.3) is 0 Å². The Labute approximate surface area is 141 Å². The van der Waals surface area contributed by atoms with E-state index in [9.17, 15) is 9.90 Å². The van der Waals surface area contributed by atoms with Gasteiger partial charge in [-0.3, -0.25) is 10.1 Å². The Hall–Kier alpha value is -2.17. The van der Waals surface area contributed by atoms with Crippen molar-refractivity contribution >= 4 is 5.78 Å². The van der Waals surface area contributed by atoms with Crippen molar-refractivity contribution in [2.45, 2.75) is 37.5 Å². The van der Waals surface area contributed by atoms with Gasteiger partial charge in [0.25, 0.3) is 5.79 Å². The fourth-order valence-corrected chi connectivity index (χ4v) is 4.01. The SMILES string of the molecule is CNC12C(=O)C3=CC=CCC=C3C1(O)Oc1cc(C(C)C)ccc12. The van der Waals surface area contributed by atoms with Crippen molar-refractivity contribution in [3.05, 3.63) is 64.8 Å². The van der Waals surface area contributed by atoms with Crippen LogP contribution in [0.15, 0.2) is 53.6 Å². The Kier molecular flexibility index (Phi) is 3.15. The summed E-state index contributed by atoms with van der Waals surface area (Å²) < 4.78 is 6.03. The molecule has 4 rings (SSSR count). The second kappa shape index (κ2) is 4.91. The van der Waals surface area contributed by atoms with E-state index in [1.165, 1.54) is 0 Å². The first-order chi connectivity index (χ1) is 11.5. The van der Waals surface area contributed by atoms with Gasteiger partial charge in [0.1, 0.15) is 5.75 Å². The smallest absolute Gasteiger partial charge is 0.265 e. The molecule has 2 unspecified atom stereocenters. The first-order valence-corrected chi connectivity index (χ1v) is 8.33. The van der Waals surface area contributed by atoms with Crippen LogP contribution in [-0.4, -0.2) is 23.7 Å². The van der Waals surface area contributed by atoms with E-state index in [-0.39, 0.29) is 5.78 Å². The maximum atomic E-state index is 13.3. The van der Waals surface area contributed by atoms with Crippen LogP contribution in [-0.2, 0) is 10.3 Å². The lowest BCUT2D eigenvalue weighted by Crippen LogP contribution is -2.59. The molecule has 2 atom stereocenters. The van der Waals surface area contributed by atoms with Crippen molar-refractivity contribution in [2.75, 3.05) is 7.05 Å². The van der Waals surface area contributed by atoms with Crippen molar-refractivity contribution in [3.63, 3.8) is 0 Å². The summed E-state index contributed by atoms with van der Waals surface area (Å²) in [5.74, 6) is -0.953. The van der Waals surface area contributed by atoms with E-state index in [1.807, 2.05) is 36.4 Å². The first kappa shape index (κ1) is 15.4. The lowest BCUT2D eigenvalue weighted by Gasteiger charge is -2.33. The molecule has 1 heterocycles. The minimum Gasteiger partial charge on any atom is -0.455 e. The van der Waals surface area contributed by atoms with Gasteiger partial charge in [-0.1, -0.05) is 50.3 Å². The predicted octanol–water partition coefficient (Wildman–Crippen LogP) is 2.70. The molecule has 24 heavy (non-hydrogen) atoms. The number of allylic oxidation sites excluding steroid dienone is 4. The molecule has 1 saturated carbocycles. The number of carbonyl (C=O) groups is 1. The zero-order valence-corrected chi connectivity index (χ0v) is 14.1. The van der Waals surface area contributed by atoms with Crippen LogP contribution >= 0.6 is 0 Å². The molecule has 124 valence electrons. The van der Waals surface area contributed by atoms with E-state index in [0.717, 1.165) is 5.56 Å². The standard InChI is InChI=1S/C20H21NO3/c1-12(2)13-9-10-16-17(11-13)24-20(23)15-8-6-4-5-7-14(15)18(22)19(16,20)21-3/h4-5,7-12,21,23H,6H2,1-3H3. The molecule has 1 aliphatic heterocycles. The monoisotopic (exact) mass is 323 g/mol. The molecule has 0 bridgehead atoms. The fourth-order valence-electron chi connectivity index (χ4n) is 4.01. The largest absolute Gasteiger partial charge is 0.455 e. The number of carbonyl (C=O) groups excluding carboxylic acids is 1. The van der Waals surface area contributed by atoms with Gasteiger partial charge >= 0.3 is 0 Å². The Balaban J connectivity index is 1.98. The van der Waals surface area contributed by atoms with E-state index in [4.69, 9.17) is 4.74 Å². The molecule has 1 aromatic carbocycles. The van der Waals surface area contributed by atoms with E-state index >= 15 is 0 Å². The maximum absolute atomic E-state index is 13.3. The molecule has 4 nitrogen and oxygen atoms in total. The minimum absolute atomic E-state index is 0.152. The molecular weight excluding hydrogens is 302 g/mol. The summed E-state index contributed by atoms with van der Waals surface area (Å²) in [7, 11) is 1.69. The molecule has 0 aromatic heterocycles. The van der Waals surface area contributed by atoms with Crippen LogP contribution in [0.5, 0.6) is 5.75 Å². The van der Waals surface area contributed by atoms with E-state index in [1.54, 1.807) is 13.1 Å². The van der Waals surface area contributed by atoms with Crippen molar-refractivity contribution in [2.24, 2.45) is 0 Å². The lowest BCUT2D eigenvalue weighted by atomic mass is 9.83. The number of likely N-dealkylation sites (N-methyl/N-ethyl adjacent to an activating group) is 1. The zero-order chi connectivity index (χ0) is 17.1. The van der Waals surface area contributed by atoms with Gasteiger partial charge in [-0.05, 0) is 31.0 Å². The molecule has 0 spiro atoms. The summed E-state index contributed by atoms with van der Waals surface area (Å²) in [6.07, 6.45) is 8.10. The first-order valence-electron chi connectivity index (χ1n) is 8.33. The number of aliphatic hydroxyl groups is 1. The van der Waals surface area contributed by atoms with Gasteiger partial charge in [0.2, 0.25) is 0 Å². The molecule has 1 aromatic rings. The van der Waals surface area contributed by atoms with Gasteiger partial charge in [0, 0.05) is 16.7 Å². The molecular formula is C20H21NO3. The summed E-state index contributed by atoms with van der Waals surface area (Å²) >= 11 is 0. The highest BCUT2D eigenvalue weighted by Gasteiger charge is 2.71. The second-order valence-corrected chi connectivity index (χ2v) is 6.85. The lowest BCUT2D eigenvalue weighted by molar-refractivity contribution is -0.153. The van der Waals surface area contributed by atoms with E-state index in [2.05, 4.69) is 19.2 Å². The number of hydrogen-bond acceptors (Lipinski definition) is 4. The third-order valence-corrected chi connectivity index (χ3v) is 5.31. The molecule has 2 N–H and O–H groups in total. The number of benzene rings is 1. The Morgan fingerprint density at radius 3 is 2.83 bits per heavy atom. The highest BCUT2D eigenvalue weighted by Crippen LogP contribution is 2.58. The number of nitrogens with one attached hydrogen (secondary N) is 1. The number of ketones is 1. The number of fused-ring (bicyclic) bond motifs is 5. The fraction of sp³-hybridized carbons (Fsp3) is 0.350. The molecule has 1 fully saturated rings. The van der Waals surface area contributed by atoms with E-state index in [0.29, 0.717) is 34.8 Å². The van der Waals surface area contributed by atoms with Crippen LogP contribution in [0.3, 0.4) is 0 Å². The van der Waals surface area contributed by atoms with Gasteiger partial charge in [0.05, 0.1) is 0 Å². The van der Waals surface area contributed by atoms with Gasteiger partial charge in [-0.2, -0.15) is 0 Å². The number of rotatable bonds is 2. The number of hydrogen-bond donors (Lipinski definition) is 2. The van der Waals surface area contributed by atoms with E-state index < -0.39 is 11.3 Å². The molecule has 0 saturated heterocycles.